The third-order valence-electron chi connectivity index (χ3n) is 12.8. The van der Waals surface area contributed by atoms with Crippen molar-refractivity contribution in [2.24, 2.45) is 52.3 Å². The van der Waals surface area contributed by atoms with Crippen LogP contribution in [0.2, 0.25) is 0 Å². The molecule has 0 aromatic rings. The highest BCUT2D eigenvalue weighted by Gasteiger charge is 2.65. The molecule has 0 unspecified atom stereocenters. The quantitative estimate of drug-likeness (QED) is 0.211. The number of fused-ring (bicyclic) bond motifs is 5. The summed E-state index contributed by atoms with van der Waals surface area (Å²) in [7, 11) is 1.17. The number of esters is 4. The first kappa shape index (κ1) is 40.1. The first-order chi connectivity index (χ1) is 24.3. The van der Waals surface area contributed by atoms with Crippen molar-refractivity contribution in [3.05, 3.63) is 11.6 Å². The average Bonchev–Trinajstić information content (AvgIpc) is 3.43. The van der Waals surface area contributed by atoms with Gasteiger partial charge < -0.3 is 28.4 Å². The number of hydrogen-bond donors (Lipinski definition) is 0. The monoisotopic (exact) mass is 730 g/mol. The van der Waals surface area contributed by atoms with Crippen molar-refractivity contribution in [1.29, 1.82) is 0 Å². The highest BCUT2D eigenvalue weighted by molar-refractivity contribution is 5.91. The Balaban J connectivity index is 1.64. The van der Waals surface area contributed by atoms with Gasteiger partial charge in [0.1, 0.15) is 5.78 Å². The van der Waals surface area contributed by atoms with Gasteiger partial charge in [-0.3, -0.25) is 24.0 Å². The van der Waals surface area contributed by atoms with Crippen LogP contribution < -0.4 is 0 Å². The highest BCUT2D eigenvalue weighted by atomic mass is 16.7. The van der Waals surface area contributed by atoms with E-state index >= 15 is 0 Å². The molecule has 12 atom stereocenters. The van der Waals surface area contributed by atoms with Crippen molar-refractivity contribution < 1.29 is 57.2 Å². The normalized spacial score (nSPS) is 38.5. The lowest BCUT2D eigenvalue weighted by Crippen LogP contribution is -2.66. The number of carbonyl (C=O) groups excluding carboxylic acids is 6. The summed E-state index contributed by atoms with van der Waals surface area (Å²) >= 11 is 0. The van der Waals surface area contributed by atoms with E-state index in [1.165, 1.54) is 7.11 Å². The summed E-state index contributed by atoms with van der Waals surface area (Å²) in [6, 6.07) is 0. The maximum absolute atomic E-state index is 13.5. The fourth-order valence-corrected chi connectivity index (χ4v) is 10.0. The van der Waals surface area contributed by atoms with Crippen LogP contribution in [0.25, 0.3) is 0 Å². The van der Waals surface area contributed by atoms with Gasteiger partial charge in [-0.1, -0.05) is 61.0 Å². The van der Waals surface area contributed by atoms with E-state index < -0.39 is 89.3 Å². The molecule has 1 saturated heterocycles. The molecule has 0 bridgehead atoms. The Bertz CT molecular complexity index is 1460. The minimum absolute atomic E-state index is 0.0980. The van der Waals surface area contributed by atoms with Crippen molar-refractivity contribution in [3.63, 3.8) is 0 Å². The van der Waals surface area contributed by atoms with Gasteiger partial charge in [-0.15, -0.1) is 0 Å². The number of ketones is 2. The van der Waals surface area contributed by atoms with E-state index in [1.54, 1.807) is 54.5 Å². The molecule has 3 saturated carbocycles. The van der Waals surface area contributed by atoms with Crippen LogP contribution in [-0.4, -0.2) is 79.4 Å². The smallest absolute Gasteiger partial charge is 0.339 e. The molecule has 4 fully saturated rings. The molecule has 5 aliphatic rings. The number of Topliss-reactive ketones (excluding diaryl/α,β-unsaturated/α-hetero) is 1. The van der Waals surface area contributed by atoms with Crippen LogP contribution in [0.15, 0.2) is 11.6 Å². The minimum atomic E-state index is -1.60. The predicted molar refractivity (Wildman–Crippen MR) is 186 cm³/mol. The Morgan fingerprint density at radius 2 is 1.38 bits per heavy atom. The fraction of sp³-hybridized carbons (Fsp3) is 0.800. The van der Waals surface area contributed by atoms with Crippen LogP contribution in [0.4, 0.5) is 0 Å². The maximum atomic E-state index is 13.5. The summed E-state index contributed by atoms with van der Waals surface area (Å²) in [5, 5.41) is 0. The van der Waals surface area contributed by atoms with Crippen molar-refractivity contribution >= 4 is 35.4 Å². The van der Waals surface area contributed by atoms with Crippen LogP contribution in [0.5, 0.6) is 0 Å². The Hall–Kier alpha value is -3.12. The molecule has 1 heterocycles. The van der Waals surface area contributed by atoms with Crippen LogP contribution in [-0.2, 0) is 57.2 Å². The largest absolute Gasteiger partial charge is 0.467 e. The van der Waals surface area contributed by atoms with Crippen LogP contribution >= 0.6 is 0 Å². The SMILES string of the molecule is COC(=O)[C@H]1O[C@@H](O[C@@H]2C[C@]3(C)[C@@H](C(C)=O)CC[C@H]3[C@@H]3CCC4=CC(=O)CC[C@]4(C)[C@H]32)[C@H](OC(=O)C(C)C)[C@@H](OC(=O)C(C)C)[C@@H]1OC(=O)C(C)C. The fourth-order valence-electron chi connectivity index (χ4n) is 10.0. The van der Waals surface area contributed by atoms with Gasteiger partial charge in [-0.25, -0.2) is 4.79 Å². The molecule has 1 aliphatic heterocycles. The lowest BCUT2D eigenvalue weighted by molar-refractivity contribution is -0.326. The van der Waals surface area contributed by atoms with Crippen LogP contribution in [0, 0.1) is 52.3 Å². The van der Waals surface area contributed by atoms with Gasteiger partial charge in [0.15, 0.2) is 36.5 Å². The second-order valence-corrected chi connectivity index (χ2v) is 17.1. The summed E-state index contributed by atoms with van der Waals surface area (Å²) in [5.74, 6) is -4.34. The summed E-state index contributed by atoms with van der Waals surface area (Å²) in [4.78, 5) is 79.1. The van der Waals surface area contributed by atoms with E-state index in [-0.39, 0.29) is 35.2 Å². The van der Waals surface area contributed by atoms with Gasteiger partial charge in [0.05, 0.1) is 31.0 Å². The Morgan fingerprint density at radius 1 is 0.808 bits per heavy atom. The molecule has 4 aliphatic carbocycles. The van der Waals surface area contributed by atoms with Gasteiger partial charge >= 0.3 is 23.9 Å². The second kappa shape index (κ2) is 15.3. The number of allylic oxidation sites excluding steroid dienone is 1. The second-order valence-electron chi connectivity index (χ2n) is 17.1. The molecular weight excluding hydrogens is 672 g/mol. The molecule has 0 aromatic heterocycles. The van der Waals surface area contributed by atoms with Gasteiger partial charge in [0.25, 0.3) is 0 Å². The van der Waals surface area contributed by atoms with E-state index in [2.05, 4.69) is 13.8 Å². The molecule has 0 N–H and O–H groups in total. The van der Waals surface area contributed by atoms with Gasteiger partial charge in [-0.2, -0.15) is 0 Å². The molecule has 0 radical (unpaired) electrons. The molecule has 5 rings (SSSR count). The van der Waals surface area contributed by atoms with Crippen molar-refractivity contribution in [2.45, 2.75) is 144 Å². The number of methoxy groups -OCH3 is 1. The number of carbonyl (C=O) groups is 6. The predicted octanol–water partition coefficient (Wildman–Crippen LogP) is 5.32. The Morgan fingerprint density at radius 3 is 1.94 bits per heavy atom. The highest BCUT2D eigenvalue weighted by Crippen LogP contribution is 2.67. The van der Waals surface area contributed by atoms with E-state index in [1.807, 2.05) is 0 Å². The summed E-state index contributed by atoms with van der Waals surface area (Å²) in [6.07, 6.45) is -1.48. The zero-order valence-electron chi connectivity index (χ0n) is 32.4. The van der Waals surface area contributed by atoms with Crippen molar-refractivity contribution in [2.75, 3.05) is 7.11 Å². The lowest BCUT2D eigenvalue weighted by Gasteiger charge is -2.61. The summed E-state index contributed by atoms with van der Waals surface area (Å²) in [5.41, 5.74) is 0.294. The first-order valence-corrected chi connectivity index (χ1v) is 19.1. The van der Waals surface area contributed by atoms with E-state index in [9.17, 15) is 28.8 Å². The topological polar surface area (TPSA) is 158 Å². The average molecular weight is 731 g/mol. The van der Waals surface area contributed by atoms with Crippen molar-refractivity contribution in [1.82, 2.24) is 0 Å². The third kappa shape index (κ3) is 7.35. The minimum Gasteiger partial charge on any atom is -0.467 e. The van der Waals surface area contributed by atoms with Crippen LogP contribution in [0.1, 0.15) is 107 Å². The van der Waals surface area contributed by atoms with Gasteiger partial charge in [0, 0.05) is 12.3 Å². The molecule has 12 heteroatoms. The van der Waals surface area contributed by atoms with Gasteiger partial charge in [0.2, 0.25) is 0 Å². The lowest BCUT2D eigenvalue weighted by atomic mass is 9.46. The molecule has 52 heavy (non-hydrogen) atoms. The van der Waals surface area contributed by atoms with Crippen molar-refractivity contribution in [3.8, 4) is 0 Å². The summed E-state index contributed by atoms with van der Waals surface area (Å²) in [6.45, 7) is 15.8. The zero-order chi connectivity index (χ0) is 38.4. The summed E-state index contributed by atoms with van der Waals surface area (Å²) < 4.78 is 36.5. The zero-order valence-corrected chi connectivity index (χ0v) is 32.4. The van der Waals surface area contributed by atoms with E-state index in [4.69, 9.17) is 28.4 Å². The number of rotatable bonds is 10. The molecule has 290 valence electrons. The Labute approximate surface area is 307 Å². The van der Waals surface area contributed by atoms with Crippen LogP contribution in [0.3, 0.4) is 0 Å². The molecule has 0 amide bonds. The standard InChI is InChI=1S/C40H58O12/c1-19(2)34(43)49-30-31(50-35(44)20(3)4)33(51-36(45)21(5)6)38(52-32(30)37(46)47-10)48-28-18-40(9)26(22(7)41)13-14-27(40)25-12-11-23-17-24(42)15-16-39(23,8)29(25)28/h17,19-21,25-33,38H,11-16,18H2,1-10H3/t25-,26+,27-,28+,29+,30-,31-,32-,33+,38+,39-,40+/m0/s1. The molecule has 12 nitrogen and oxygen atoms in total. The maximum Gasteiger partial charge on any atom is 0.339 e. The Kier molecular flexibility index (Phi) is 11.8. The molecule has 0 aromatic carbocycles. The third-order valence-corrected chi connectivity index (χ3v) is 12.8. The van der Waals surface area contributed by atoms with E-state index in [0.717, 1.165) is 31.3 Å². The molecular formula is C40H58O12. The van der Waals surface area contributed by atoms with E-state index in [0.29, 0.717) is 19.3 Å². The van der Waals surface area contributed by atoms with Gasteiger partial charge in [-0.05, 0) is 80.1 Å². The molecule has 0 spiro atoms. The number of ether oxygens (including phenoxy) is 6. The first-order valence-electron chi connectivity index (χ1n) is 19.1. The number of hydrogen-bond acceptors (Lipinski definition) is 12.